The second-order valence-electron chi connectivity index (χ2n) is 5.25. The molecule has 86 valence electrons. The number of imidazole rings is 1. The Morgan fingerprint density at radius 1 is 1.40 bits per heavy atom. The van der Waals surface area contributed by atoms with Crippen LogP contribution in [0.2, 0.25) is 0 Å². The third-order valence-corrected chi connectivity index (χ3v) is 2.18. The lowest BCUT2D eigenvalue weighted by atomic mass is 9.97. The molecule has 0 amide bonds. The summed E-state index contributed by atoms with van der Waals surface area (Å²) in [5.41, 5.74) is 1.58. The zero-order valence-electron chi connectivity index (χ0n) is 10.4. The van der Waals surface area contributed by atoms with Gasteiger partial charge in [-0.2, -0.15) is 0 Å². The molecule has 0 spiro atoms. The molecule has 0 saturated heterocycles. The molecule has 1 heterocycles. The molecular formula is C12H23N3. The standard InChI is InChI=1S/C12H23N3/c1-5-6-13-7-11-8-14-10-15(11)9-12(2,3)4/h8,10,13H,5-7,9H2,1-4H3. The molecule has 3 nitrogen and oxygen atoms in total. The van der Waals surface area contributed by atoms with Gasteiger partial charge in [-0.1, -0.05) is 27.7 Å². The van der Waals surface area contributed by atoms with Crippen LogP contribution in [0.4, 0.5) is 0 Å². The number of nitrogens with zero attached hydrogens (tertiary/aromatic N) is 2. The number of hydrogen-bond acceptors (Lipinski definition) is 2. The fourth-order valence-corrected chi connectivity index (χ4v) is 1.54. The predicted molar refractivity (Wildman–Crippen MR) is 63.7 cm³/mol. The van der Waals surface area contributed by atoms with Gasteiger partial charge in [0.2, 0.25) is 0 Å². The monoisotopic (exact) mass is 209 g/mol. The van der Waals surface area contributed by atoms with E-state index in [1.807, 2.05) is 12.5 Å². The molecule has 0 bridgehead atoms. The van der Waals surface area contributed by atoms with Gasteiger partial charge >= 0.3 is 0 Å². The lowest BCUT2D eigenvalue weighted by Gasteiger charge is -2.20. The summed E-state index contributed by atoms with van der Waals surface area (Å²) >= 11 is 0. The van der Waals surface area contributed by atoms with Gasteiger partial charge in [0, 0.05) is 19.3 Å². The fraction of sp³-hybridized carbons (Fsp3) is 0.750. The zero-order valence-corrected chi connectivity index (χ0v) is 10.4. The molecular weight excluding hydrogens is 186 g/mol. The van der Waals surface area contributed by atoms with Crippen molar-refractivity contribution in [3.8, 4) is 0 Å². The summed E-state index contributed by atoms with van der Waals surface area (Å²) in [7, 11) is 0. The van der Waals surface area contributed by atoms with Gasteiger partial charge in [-0.25, -0.2) is 4.98 Å². The van der Waals surface area contributed by atoms with Crippen LogP contribution < -0.4 is 5.32 Å². The molecule has 0 unspecified atom stereocenters. The maximum Gasteiger partial charge on any atom is 0.0948 e. The SMILES string of the molecule is CCCNCc1cncn1CC(C)(C)C. The highest BCUT2D eigenvalue weighted by atomic mass is 15.1. The number of aromatic nitrogens is 2. The van der Waals surface area contributed by atoms with Crippen LogP contribution in [-0.4, -0.2) is 16.1 Å². The minimum Gasteiger partial charge on any atom is -0.333 e. The molecule has 0 fully saturated rings. The number of hydrogen-bond donors (Lipinski definition) is 1. The van der Waals surface area contributed by atoms with Crippen LogP contribution in [0.1, 0.15) is 39.8 Å². The van der Waals surface area contributed by atoms with Crippen LogP contribution in [0.3, 0.4) is 0 Å². The highest BCUT2D eigenvalue weighted by Gasteiger charge is 2.12. The first-order valence-corrected chi connectivity index (χ1v) is 5.72. The van der Waals surface area contributed by atoms with E-state index in [1.54, 1.807) is 0 Å². The Morgan fingerprint density at radius 2 is 2.13 bits per heavy atom. The van der Waals surface area contributed by atoms with Gasteiger partial charge in [-0.15, -0.1) is 0 Å². The van der Waals surface area contributed by atoms with Crippen LogP contribution in [0.5, 0.6) is 0 Å². The molecule has 0 saturated carbocycles. The van der Waals surface area contributed by atoms with E-state index in [-0.39, 0.29) is 0 Å². The van der Waals surface area contributed by atoms with E-state index in [9.17, 15) is 0 Å². The first-order valence-electron chi connectivity index (χ1n) is 5.72. The van der Waals surface area contributed by atoms with Crippen molar-refractivity contribution in [1.29, 1.82) is 0 Å². The highest BCUT2D eigenvalue weighted by molar-refractivity contribution is 4.98. The van der Waals surface area contributed by atoms with Crippen molar-refractivity contribution in [2.24, 2.45) is 5.41 Å². The first kappa shape index (κ1) is 12.2. The average Bonchev–Trinajstić information content (AvgIpc) is 2.50. The van der Waals surface area contributed by atoms with E-state index in [4.69, 9.17) is 0 Å². The third-order valence-electron chi connectivity index (χ3n) is 2.18. The molecule has 1 N–H and O–H groups in total. The quantitative estimate of drug-likeness (QED) is 0.755. The molecule has 1 aromatic rings. The Bertz CT molecular complexity index is 283. The Balaban J connectivity index is 2.53. The third kappa shape index (κ3) is 4.47. The molecule has 0 aliphatic heterocycles. The van der Waals surface area contributed by atoms with Crippen molar-refractivity contribution < 1.29 is 0 Å². The smallest absolute Gasteiger partial charge is 0.0948 e. The van der Waals surface area contributed by atoms with Gasteiger partial charge in [0.05, 0.1) is 12.0 Å². The Kier molecular flexibility index (Phi) is 4.33. The maximum atomic E-state index is 4.21. The normalized spacial score (nSPS) is 12.0. The van der Waals surface area contributed by atoms with Crippen molar-refractivity contribution in [2.75, 3.05) is 6.54 Å². The van der Waals surface area contributed by atoms with Crippen molar-refractivity contribution >= 4 is 0 Å². The molecule has 15 heavy (non-hydrogen) atoms. The van der Waals surface area contributed by atoms with Gasteiger partial charge in [-0.3, -0.25) is 0 Å². The maximum absolute atomic E-state index is 4.21. The molecule has 0 aliphatic carbocycles. The molecule has 0 aliphatic rings. The summed E-state index contributed by atoms with van der Waals surface area (Å²) in [5, 5.41) is 3.40. The Labute approximate surface area is 92.9 Å². The van der Waals surface area contributed by atoms with Crippen LogP contribution in [0.25, 0.3) is 0 Å². The minimum atomic E-state index is 0.306. The molecule has 0 aromatic carbocycles. The summed E-state index contributed by atoms with van der Waals surface area (Å²) in [6.45, 7) is 11.9. The van der Waals surface area contributed by atoms with Crippen LogP contribution in [0.15, 0.2) is 12.5 Å². The lowest BCUT2D eigenvalue weighted by Crippen LogP contribution is -2.20. The molecule has 0 atom stereocenters. The van der Waals surface area contributed by atoms with Crippen molar-refractivity contribution in [3.05, 3.63) is 18.2 Å². The van der Waals surface area contributed by atoms with Crippen molar-refractivity contribution in [1.82, 2.24) is 14.9 Å². The van der Waals surface area contributed by atoms with Crippen LogP contribution in [-0.2, 0) is 13.1 Å². The lowest BCUT2D eigenvalue weighted by molar-refractivity contribution is 0.337. The summed E-state index contributed by atoms with van der Waals surface area (Å²) in [6.07, 6.45) is 5.05. The summed E-state index contributed by atoms with van der Waals surface area (Å²) in [5.74, 6) is 0. The van der Waals surface area contributed by atoms with E-state index >= 15 is 0 Å². The Hall–Kier alpha value is -0.830. The van der Waals surface area contributed by atoms with E-state index in [0.29, 0.717) is 5.41 Å². The fourth-order valence-electron chi connectivity index (χ4n) is 1.54. The van der Waals surface area contributed by atoms with E-state index in [1.165, 1.54) is 12.1 Å². The topological polar surface area (TPSA) is 29.9 Å². The second-order valence-corrected chi connectivity index (χ2v) is 5.25. The van der Waals surface area contributed by atoms with Crippen molar-refractivity contribution in [2.45, 2.75) is 47.2 Å². The molecule has 3 heteroatoms. The average molecular weight is 209 g/mol. The summed E-state index contributed by atoms with van der Waals surface area (Å²) in [4.78, 5) is 4.21. The van der Waals surface area contributed by atoms with E-state index < -0.39 is 0 Å². The number of rotatable bonds is 5. The second kappa shape index (κ2) is 5.31. The summed E-state index contributed by atoms with van der Waals surface area (Å²) in [6, 6.07) is 0. The largest absolute Gasteiger partial charge is 0.333 e. The van der Waals surface area contributed by atoms with Gasteiger partial charge in [0.25, 0.3) is 0 Å². The van der Waals surface area contributed by atoms with Crippen LogP contribution in [0, 0.1) is 5.41 Å². The summed E-state index contributed by atoms with van der Waals surface area (Å²) < 4.78 is 2.24. The van der Waals surface area contributed by atoms with Gasteiger partial charge < -0.3 is 9.88 Å². The van der Waals surface area contributed by atoms with Gasteiger partial charge in [0.15, 0.2) is 0 Å². The highest BCUT2D eigenvalue weighted by Crippen LogP contribution is 2.17. The first-order chi connectivity index (χ1) is 7.03. The molecule has 1 aromatic heterocycles. The van der Waals surface area contributed by atoms with Crippen molar-refractivity contribution in [3.63, 3.8) is 0 Å². The van der Waals surface area contributed by atoms with Gasteiger partial charge in [0.1, 0.15) is 0 Å². The minimum absolute atomic E-state index is 0.306. The Morgan fingerprint density at radius 3 is 2.73 bits per heavy atom. The number of nitrogens with one attached hydrogen (secondary N) is 1. The van der Waals surface area contributed by atoms with Crippen LogP contribution >= 0.6 is 0 Å². The van der Waals surface area contributed by atoms with E-state index in [2.05, 4.69) is 42.6 Å². The zero-order chi connectivity index (χ0) is 11.3. The molecule has 0 radical (unpaired) electrons. The van der Waals surface area contributed by atoms with E-state index in [0.717, 1.165) is 19.6 Å². The van der Waals surface area contributed by atoms with Gasteiger partial charge in [-0.05, 0) is 18.4 Å². The molecule has 1 rings (SSSR count). The predicted octanol–water partition coefficient (Wildman–Crippen LogP) is 2.43.